The van der Waals surface area contributed by atoms with Gasteiger partial charge in [-0.05, 0) is 81.6 Å². The molecule has 4 aliphatic carbocycles. The molecular weight excluding hydrogens is 356 g/mol. The number of rotatable bonds is 2. The maximum absolute atomic E-state index is 12.8. The second kappa shape index (κ2) is 6.40. The summed E-state index contributed by atoms with van der Waals surface area (Å²) in [6.45, 7) is 7.77. The SMILES string of the molecule is CC(C)OC(=O)[C@@]1(O)CCC2C3CCC4=CC(=O)CC[C@]4(C)C3[C@@H](O)C[C@@]21C. The Morgan fingerprint density at radius 3 is 2.61 bits per heavy atom. The maximum atomic E-state index is 12.8. The standard InChI is InChI=1S/C23H34O5/c1-13(2)28-20(26)23(27)10-8-17-16-6-5-14-11-15(24)7-9-21(14,3)19(16)18(25)12-22(17,23)4/h11,13,16-19,25,27H,5-10,12H2,1-4H3/t16?,17?,18-,19?,21-,22-,23-/m0/s1. The van der Waals surface area contributed by atoms with Gasteiger partial charge in [0.1, 0.15) is 0 Å². The first-order valence-electron chi connectivity index (χ1n) is 10.9. The van der Waals surface area contributed by atoms with E-state index in [0.717, 1.165) is 25.7 Å². The number of aliphatic hydroxyl groups excluding tert-OH is 1. The van der Waals surface area contributed by atoms with E-state index in [1.807, 2.05) is 13.0 Å². The topological polar surface area (TPSA) is 83.8 Å². The molecule has 0 bridgehead atoms. The zero-order valence-electron chi connectivity index (χ0n) is 17.5. The molecule has 0 aromatic rings. The van der Waals surface area contributed by atoms with Gasteiger partial charge in [-0.25, -0.2) is 4.79 Å². The number of fused-ring (bicyclic) bond motifs is 5. The van der Waals surface area contributed by atoms with Gasteiger partial charge in [0.25, 0.3) is 0 Å². The lowest BCUT2D eigenvalue weighted by atomic mass is 9.45. The van der Waals surface area contributed by atoms with Crippen LogP contribution in [0.4, 0.5) is 0 Å². The van der Waals surface area contributed by atoms with Crippen molar-refractivity contribution in [1.82, 2.24) is 0 Å². The lowest BCUT2D eigenvalue weighted by Crippen LogP contribution is -2.62. The van der Waals surface area contributed by atoms with E-state index in [4.69, 9.17) is 4.74 Å². The molecule has 0 radical (unpaired) electrons. The van der Waals surface area contributed by atoms with E-state index >= 15 is 0 Å². The van der Waals surface area contributed by atoms with Crippen LogP contribution in [0.1, 0.15) is 72.6 Å². The Kier molecular flexibility index (Phi) is 4.59. The third-order valence-electron chi connectivity index (χ3n) is 8.73. The van der Waals surface area contributed by atoms with Crippen LogP contribution in [0.5, 0.6) is 0 Å². The van der Waals surface area contributed by atoms with Crippen molar-refractivity contribution < 1.29 is 24.5 Å². The van der Waals surface area contributed by atoms with Gasteiger partial charge in [0.2, 0.25) is 0 Å². The molecule has 7 atom stereocenters. The highest BCUT2D eigenvalue weighted by Gasteiger charge is 2.69. The number of aliphatic hydroxyl groups is 2. The monoisotopic (exact) mass is 390 g/mol. The first kappa shape index (κ1) is 20.1. The van der Waals surface area contributed by atoms with Gasteiger partial charge in [-0.2, -0.15) is 0 Å². The summed E-state index contributed by atoms with van der Waals surface area (Å²) < 4.78 is 5.42. The Labute approximate surface area is 167 Å². The fourth-order valence-electron chi connectivity index (χ4n) is 7.34. The van der Waals surface area contributed by atoms with Crippen molar-refractivity contribution in [2.45, 2.75) is 90.4 Å². The van der Waals surface area contributed by atoms with Crippen molar-refractivity contribution in [3.63, 3.8) is 0 Å². The summed E-state index contributed by atoms with van der Waals surface area (Å²) >= 11 is 0. The van der Waals surface area contributed by atoms with Crippen molar-refractivity contribution >= 4 is 11.8 Å². The quantitative estimate of drug-likeness (QED) is 0.708. The molecule has 4 rings (SSSR count). The van der Waals surface area contributed by atoms with Crippen molar-refractivity contribution in [2.24, 2.45) is 28.6 Å². The Balaban J connectivity index is 1.69. The second-order valence-corrected chi connectivity index (χ2v) is 10.4. The normalized spacial score (nSPS) is 47.8. The number of ketones is 1. The van der Waals surface area contributed by atoms with Gasteiger partial charge < -0.3 is 14.9 Å². The number of allylic oxidation sites excluding steroid dienone is 1. The second-order valence-electron chi connectivity index (χ2n) is 10.4. The van der Waals surface area contributed by atoms with E-state index in [2.05, 4.69) is 6.92 Å². The van der Waals surface area contributed by atoms with Crippen molar-refractivity contribution in [3.05, 3.63) is 11.6 Å². The number of hydrogen-bond acceptors (Lipinski definition) is 5. The van der Waals surface area contributed by atoms with Crippen LogP contribution in [0.15, 0.2) is 11.6 Å². The molecule has 156 valence electrons. The molecule has 5 heteroatoms. The zero-order valence-corrected chi connectivity index (χ0v) is 17.5. The highest BCUT2D eigenvalue weighted by molar-refractivity contribution is 5.91. The zero-order chi connectivity index (χ0) is 20.5. The van der Waals surface area contributed by atoms with Gasteiger partial charge in [0.15, 0.2) is 11.4 Å². The maximum Gasteiger partial charge on any atom is 0.338 e. The van der Waals surface area contributed by atoms with Crippen molar-refractivity contribution in [1.29, 1.82) is 0 Å². The van der Waals surface area contributed by atoms with E-state index in [-0.39, 0.29) is 35.1 Å². The van der Waals surface area contributed by atoms with Crippen LogP contribution in [0.3, 0.4) is 0 Å². The van der Waals surface area contributed by atoms with Gasteiger partial charge in [0, 0.05) is 11.8 Å². The molecule has 3 saturated carbocycles. The van der Waals surface area contributed by atoms with Crippen LogP contribution in [-0.2, 0) is 14.3 Å². The number of esters is 1. The third-order valence-corrected chi connectivity index (χ3v) is 8.73. The smallest absolute Gasteiger partial charge is 0.338 e. The van der Waals surface area contributed by atoms with E-state index in [0.29, 0.717) is 19.3 Å². The first-order chi connectivity index (χ1) is 13.0. The molecule has 0 aliphatic heterocycles. The molecular formula is C23H34O5. The highest BCUT2D eigenvalue weighted by Crippen LogP contribution is 2.67. The average Bonchev–Trinajstić information content (AvgIpc) is 2.87. The molecule has 0 saturated heterocycles. The highest BCUT2D eigenvalue weighted by atomic mass is 16.6. The minimum Gasteiger partial charge on any atom is -0.461 e. The summed E-state index contributed by atoms with van der Waals surface area (Å²) in [6, 6.07) is 0. The minimum absolute atomic E-state index is 0.0853. The number of hydrogen-bond donors (Lipinski definition) is 2. The van der Waals surface area contributed by atoms with Crippen LogP contribution in [-0.4, -0.2) is 39.8 Å². The molecule has 3 fully saturated rings. The molecule has 28 heavy (non-hydrogen) atoms. The summed E-state index contributed by atoms with van der Waals surface area (Å²) in [5.41, 5.74) is -1.17. The Morgan fingerprint density at radius 1 is 1.21 bits per heavy atom. The Hall–Kier alpha value is -1.20. The fourth-order valence-corrected chi connectivity index (χ4v) is 7.34. The molecule has 0 aromatic heterocycles. The van der Waals surface area contributed by atoms with Gasteiger partial charge >= 0.3 is 5.97 Å². The van der Waals surface area contributed by atoms with Gasteiger partial charge in [-0.3, -0.25) is 4.79 Å². The molecule has 0 aromatic carbocycles. The Morgan fingerprint density at radius 2 is 1.93 bits per heavy atom. The summed E-state index contributed by atoms with van der Waals surface area (Å²) in [6.07, 6.45) is 5.65. The summed E-state index contributed by atoms with van der Waals surface area (Å²) in [4.78, 5) is 24.8. The summed E-state index contributed by atoms with van der Waals surface area (Å²) in [7, 11) is 0. The molecule has 0 spiro atoms. The van der Waals surface area contributed by atoms with Crippen LogP contribution in [0.2, 0.25) is 0 Å². The van der Waals surface area contributed by atoms with Gasteiger partial charge in [-0.15, -0.1) is 0 Å². The van der Waals surface area contributed by atoms with E-state index in [1.54, 1.807) is 13.8 Å². The van der Waals surface area contributed by atoms with E-state index in [9.17, 15) is 19.8 Å². The summed E-state index contributed by atoms with van der Waals surface area (Å²) in [5, 5.41) is 22.8. The third kappa shape index (κ3) is 2.58. The van der Waals surface area contributed by atoms with Gasteiger partial charge in [0.05, 0.1) is 12.2 Å². The molecule has 0 heterocycles. The van der Waals surface area contributed by atoms with Crippen LogP contribution in [0.25, 0.3) is 0 Å². The summed E-state index contributed by atoms with van der Waals surface area (Å²) in [5.74, 6) is 0.186. The fraction of sp³-hybridized carbons (Fsp3) is 0.826. The van der Waals surface area contributed by atoms with Crippen LogP contribution >= 0.6 is 0 Å². The van der Waals surface area contributed by atoms with Gasteiger partial charge in [-0.1, -0.05) is 19.4 Å². The molecule has 5 nitrogen and oxygen atoms in total. The molecule has 0 amide bonds. The number of carbonyl (C=O) groups is 2. The minimum atomic E-state index is -1.53. The van der Waals surface area contributed by atoms with Crippen molar-refractivity contribution in [3.8, 4) is 0 Å². The van der Waals surface area contributed by atoms with Crippen molar-refractivity contribution in [2.75, 3.05) is 0 Å². The lowest BCUT2D eigenvalue weighted by Gasteiger charge is -2.60. The number of carbonyl (C=O) groups excluding carboxylic acids is 2. The predicted molar refractivity (Wildman–Crippen MR) is 104 cm³/mol. The van der Waals surface area contributed by atoms with E-state index < -0.39 is 23.1 Å². The van der Waals surface area contributed by atoms with E-state index in [1.165, 1.54) is 5.57 Å². The van der Waals surface area contributed by atoms with Crippen LogP contribution < -0.4 is 0 Å². The lowest BCUT2D eigenvalue weighted by molar-refractivity contribution is -0.202. The predicted octanol–water partition coefficient (Wildman–Crippen LogP) is 3.17. The number of ether oxygens (including phenoxy) is 1. The van der Waals surface area contributed by atoms with Crippen LogP contribution in [0, 0.1) is 28.6 Å². The largest absolute Gasteiger partial charge is 0.461 e. The molecule has 4 aliphatic rings. The Bertz CT molecular complexity index is 727. The molecule has 3 unspecified atom stereocenters. The first-order valence-corrected chi connectivity index (χ1v) is 10.9. The average molecular weight is 391 g/mol. The molecule has 2 N–H and O–H groups in total.